The van der Waals surface area contributed by atoms with Crippen LogP contribution in [0.15, 0.2) is 23.0 Å². The highest BCUT2D eigenvalue weighted by Crippen LogP contribution is 2.24. The van der Waals surface area contributed by atoms with Crippen molar-refractivity contribution < 1.29 is 23.5 Å². The molecule has 1 atom stereocenters. The minimum absolute atomic E-state index is 0.00277. The number of nitrogens with zero attached hydrogens (tertiary/aromatic N) is 2. The third-order valence-electron chi connectivity index (χ3n) is 4.99. The number of hydrogen-bond acceptors (Lipinski definition) is 5. The molecule has 0 N–H and O–H groups in total. The Morgan fingerprint density at radius 1 is 1.28 bits per heavy atom. The van der Waals surface area contributed by atoms with Crippen LogP contribution in [0.3, 0.4) is 0 Å². The van der Waals surface area contributed by atoms with E-state index in [4.69, 9.17) is 13.9 Å². The summed E-state index contributed by atoms with van der Waals surface area (Å²) in [6.45, 7) is 2.68. The van der Waals surface area contributed by atoms with Gasteiger partial charge in [-0.1, -0.05) is 0 Å². The Balaban J connectivity index is 1.72. The van der Waals surface area contributed by atoms with Gasteiger partial charge >= 0.3 is 0 Å². The molecule has 0 aliphatic carbocycles. The molecular weight excluding hydrogens is 324 g/mol. The van der Waals surface area contributed by atoms with E-state index in [1.165, 1.54) is 19.6 Å². The second kappa shape index (κ2) is 8.49. The highest BCUT2D eigenvalue weighted by Gasteiger charge is 2.35. The van der Waals surface area contributed by atoms with Crippen molar-refractivity contribution in [3.63, 3.8) is 0 Å². The number of methoxy groups -OCH3 is 1. The SMILES string of the molecule is COCC(=O)N(C1CCOCC1)C1CCCN(C(=O)c2ccoc2)C1. The summed E-state index contributed by atoms with van der Waals surface area (Å²) in [5, 5.41) is 0. The number of piperidine rings is 1. The molecule has 0 radical (unpaired) electrons. The van der Waals surface area contributed by atoms with E-state index in [1.807, 2.05) is 9.80 Å². The Hall–Kier alpha value is -1.86. The summed E-state index contributed by atoms with van der Waals surface area (Å²) in [5.41, 5.74) is 0.557. The Morgan fingerprint density at radius 2 is 2.08 bits per heavy atom. The summed E-state index contributed by atoms with van der Waals surface area (Å²) in [7, 11) is 1.54. The fourth-order valence-corrected chi connectivity index (χ4v) is 3.80. The average molecular weight is 350 g/mol. The largest absolute Gasteiger partial charge is 0.472 e. The van der Waals surface area contributed by atoms with Gasteiger partial charge in [0.15, 0.2) is 0 Å². The standard InChI is InChI=1S/C18H26N2O5/c1-23-13-17(21)20(15-5-9-24-10-6-15)16-3-2-7-19(11-16)18(22)14-4-8-25-12-14/h4,8,12,15-16H,2-3,5-7,9-11,13H2,1H3. The first-order valence-electron chi connectivity index (χ1n) is 8.90. The van der Waals surface area contributed by atoms with E-state index in [1.54, 1.807) is 6.07 Å². The molecule has 2 fully saturated rings. The van der Waals surface area contributed by atoms with Crippen LogP contribution in [0.4, 0.5) is 0 Å². The van der Waals surface area contributed by atoms with Crippen molar-refractivity contribution in [2.24, 2.45) is 0 Å². The molecule has 3 rings (SSSR count). The zero-order chi connectivity index (χ0) is 17.6. The van der Waals surface area contributed by atoms with Gasteiger partial charge in [-0.15, -0.1) is 0 Å². The van der Waals surface area contributed by atoms with E-state index in [9.17, 15) is 9.59 Å². The number of rotatable bonds is 5. The van der Waals surface area contributed by atoms with E-state index in [-0.39, 0.29) is 30.5 Å². The number of hydrogen-bond donors (Lipinski definition) is 0. The molecule has 2 saturated heterocycles. The number of ether oxygens (including phenoxy) is 2. The lowest BCUT2D eigenvalue weighted by Crippen LogP contribution is -2.56. The quantitative estimate of drug-likeness (QED) is 0.805. The van der Waals surface area contributed by atoms with Crippen molar-refractivity contribution in [1.29, 1.82) is 0 Å². The zero-order valence-electron chi connectivity index (χ0n) is 14.7. The molecule has 25 heavy (non-hydrogen) atoms. The number of carbonyl (C=O) groups excluding carboxylic acids is 2. The van der Waals surface area contributed by atoms with Gasteiger partial charge in [-0.05, 0) is 31.7 Å². The molecular formula is C18H26N2O5. The minimum atomic E-state index is -0.0374. The summed E-state index contributed by atoms with van der Waals surface area (Å²) in [4.78, 5) is 29.1. The molecule has 1 unspecified atom stereocenters. The van der Waals surface area contributed by atoms with Gasteiger partial charge in [-0.3, -0.25) is 9.59 Å². The third-order valence-corrected chi connectivity index (χ3v) is 4.99. The summed E-state index contributed by atoms with van der Waals surface area (Å²) in [5.74, 6) is -0.0402. The van der Waals surface area contributed by atoms with Gasteiger partial charge in [-0.25, -0.2) is 0 Å². The molecule has 7 heteroatoms. The Kier molecular flexibility index (Phi) is 6.09. The number of amides is 2. The van der Waals surface area contributed by atoms with Crippen molar-refractivity contribution in [1.82, 2.24) is 9.80 Å². The first kappa shape index (κ1) is 17.9. The molecule has 2 aliphatic rings. The Morgan fingerprint density at radius 3 is 2.76 bits per heavy atom. The smallest absolute Gasteiger partial charge is 0.257 e. The van der Waals surface area contributed by atoms with Crippen LogP contribution >= 0.6 is 0 Å². The van der Waals surface area contributed by atoms with Crippen LogP contribution in [0.1, 0.15) is 36.0 Å². The zero-order valence-corrected chi connectivity index (χ0v) is 14.7. The van der Waals surface area contributed by atoms with Crippen LogP contribution in [0.5, 0.6) is 0 Å². The van der Waals surface area contributed by atoms with E-state index >= 15 is 0 Å². The molecule has 1 aromatic rings. The van der Waals surface area contributed by atoms with Gasteiger partial charge in [0, 0.05) is 45.5 Å². The fraction of sp³-hybridized carbons (Fsp3) is 0.667. The second-order valence-corrected chi connectivity index (χ2v) is 6.64. The number of carbonyl (C=O) groups is 2. The van der Waals surface area contributed by atoms with Gasteiger partial charge in [0.2, 0.25) is 5.91 Å². The first-order valence-corrected chi connectivity index (χ1v) is 8.90. The second-order valence-electron chi connectivity index (χ2n) is 6.64. The van der Waals surface area contributed by atoms with Crippen LogP contribution in [0, 0.1) is 0 Å². The summed E-state index contributed by atoms with van der Waals surface area (Å²) in [6, 6.07) is 1.86. The Labute approximate surface area is 147 Å². The number of furan rings is 1. The average Bonchev–Trinajstić information content (AvgIpc) is 3.17. The lowest BCUT2D eigenvalue weighted by Gasteiger charge is -2.44. The molecule has 0 aromatic carbocycles. The van der Waals surface area contributed by atoms with Crippen molar-refractivity contribution in [3.8, 4) is 0 Å². The van der Waals surface area contributed by atoms with E-state index in [0.717, 1.165) is 25.7 Å². The first-order chi connectivity index (χ1) is 12.2. The van der Waals surface area contributed by atoms with Crippen LogP contribution in [-0.2, 0) is 14.3 Å². The van der Waals surface area contributed by atoms with E-state index in [2.05, 4.69) is 0 Å². The van der Waals surface area contributed by atoms with Crippen molar-refractivity contribution in [3.05, 3.63) is 24.2 Å². The topological polar surface area (TPSA) is 72.2 Å². The Bertz CT molecular complexity index is 568. The van der Waals surface area contributed by atoms with Gasteiger partial charge in [0.25, 0.3) is 5.91 Å². The lowest BCUT2D eigenvalue weighted by atomic mass is 9.98. The van der Waals surface area contributed by atoms with Gasteiger partial charge in [-0.2, -0.15) is 0 Å². The van der Waals surface area contributed by atoms with Gasteiger partial charge in [0.05, 0.1) is 11.8 Å². The summed E-state index contributed by atoms with van der Waals surface area (Å²) >= 11 is 0. The molecule has 2 amide bonds. The lowest BCUT2D eigenvalue weighted by molar-refractivity contribution is -0.143. The third kappa shape index (κ3) is 4.22. The number of likely N-dealkylation sites (tertiary alicyclic amines) is 1. The van der Waals surface area contributed by atoms with Gasteiger partial charge in [0.1, 0.15) is 12.9 Å². The minimum Gasteiger partial charge on any atom is -0.472 e. The predicted octanol–water partition coefficient (Wildman–Crippen LogP) is 1.54. The monoisotopic (exact) mass is 350 g/mol. The van der Waals surface area contributed by atoms with E-state index < -0.39 is 0 Å². The fourth-order valence-electron chi connectivity index (χ4n) is 3.80. The van der Waals surface area contributed by atoms with Gasteiger partial charge < -0.3 is 23.7 Å². The maximum absolute atomic E-state index is 12.7. The van der Waals surface area contributed by atoms with Crippen LogP contribution in [0.2, 0.25) is 0 Å². The highest BCUT2D eigenvalue weighted by molar-refractivity contribution is 5.94. The van der Waals surface area contributed by atoms with E-state index in [0.29, 0.717) is 31.9 Å². The molecule has 0 bridgehead atoms. The molecule has 0 spiro atoms. The normalized spacial score (nSPS) is 22.0. The van der Waals surface area contributed by atoms with Crippen LogP contribution < -0.4 is 0 Å². The van der Waals surface area contributed by atoms with Crippen molar-refractivity contribution in [2.45, 2.75) is 37.8 Å². The van der Waals surface area contributed by atoms with Crippen molar-refractivity contribution >= 4 is 11.8 Å². The van der Waals surface area contributed by atoms with Crippen molar-refractivity contribution in [2.75, 3.05) is 40.0 Å². The molecule has 0 saturated carbocycles. The summed E-state index contributed by atoms with van der Waals surface area (Å²) < 4.78 is 15.5. The molecule has 3 heterocycles. The molecule has 2 aliphatic heterocycles. The maximum atomic E-state index is 12.7. The summed E-state index contributed by atoms with van der Waals surface area (Å²) in [6.07, 6.45) is 6.43. The predicted molar refractivity (Wildman–Crippen MR) is 90.2 cm³/mol. The molecule has 138 valence electrons. The molecule has 1 aromatic heterocycles. The van der Waals surface area contributed by atoms with Crippen LogP contribution in [-0.4, -0.2) is 73.7 Å². The van der Waals surface area contributed by atoms with Crippen LogP contribution in [0.25, 0.3) is 0 Å². The highest BCUT2D eigenvalue weighted by atomic mass is 16.5. The molecule has 7 nitrogen and oxygen atoms in total. The maximum Gasteiger partial charge on any atom is 0.257 e.